The predicted molar refractivity (Wildman–Crippen MR) is 73.4 cm³/mol. The van der Waals surface area contributed by atoms with Gasteiger partial charge in [0.25, 0.3) is 5.91 Å². The Kier molecular flexibility index (Phi) is 4.74. The average Bonchev–Trinajstić information content (AvgIpc) is 2.45. The molecule has 1 saturated heterocycles. The van der Waals surface area contributed by atoms with Crippen LogP contribution in [0.2, 0.25) is 0 Å². The molecule has 1 amide bonds. The van der Waals surface area contributed by atoms with E-state index >= 15 is 0 Å². The van der Waals surface area contributed by atoms with Crippen molar-refractivity contribution in [2.45, 2.75) is 25.3 Å². The van der Waals surface area contributed by atoms with Crippen molar-refractivity contribution in [3.63, 3.8) is 0 Å². The fourth-order valence-corrected chi connectivity index (χ4v) is 2.11. The molecule has 0 aliphatic carbocycles. The second kappa shape index (κ2) is 6.52. The molecule has 0 radical (unpaired) electrons. The molecule has 1 atom stereocenters. The second-order valence-corrected chi connectivity index (χ2v) is 5.03. The Morgan fingerprint density at radius 3 is 3.05 bits per heavy atom. The van der Waals surface area contributed by atoms with Crippen molar-refractivity contribution < 1.29 is 9.53 Å². The maximum Gasteiger partial charge on any atom is 0.272 e. The molecule has 104 valence electrons. The maximum absolute atomic E-state index is 11.8. The highest BCUT2D eigenvalue weighted by molar-refractivity contribution is 5.92. The molecule has 1 unspecified atom stereocenters. The minimum atomic E-state index is -0.110. The van der Waals surface area contributed by atoms with Gasteiger partial charge in [0, 0.05) is 32.4 Å². The number of piperidine rings is 1. The number of rotatable bonds is 4. The van der Waals surface area contributed by atoms with Gasteiger partial charge in [-0.1, -0.05) is 6.42 Å². The van der Waals surface area contributed by atoms with Gasteiger partial charge in [-0.25, -0.2) is 0 Å². The van der Waals surface area contributed by atoms with Crippen molar-refractivity contribution in [1.82, 2.24) is 15.2 Å². The monoisotopic (exact) mass is 263 g/mol. The lowest BCUT2D eigenvalue weighted by Crippen LogP contribution is -2.38. The average molecular weight is 263 g/mol. The van der Waals surface area contributed by atoms with E-state index in [9.17, 15) is 4.79 Å². The number of amides is 1. The molecule has 0 aromatic carbocycles. The molecule has 0 spiro atoms. The van der Waals surface area contributed by atoms with Crippen molar-refractivity contribution in [1.29, 1.82) is 0 Å². The molecule has 5 heteroatoms. The summed E-state index contributed by atoms with van der Waals surface area (Å²) in [6, 6.07) is 3.90. The lowest BCUT2D eigenvalue weighted by atomic mass is 10.1. The Morgan fingerprint density at radius 2 is 2.37 bits per heavy atom. The van der Waals surface area contributed by atoms with Gasteiger partial charge in [0.15, 0.2) is 0 Å². The molecule has 0 bridgehead atoms. The molecule has 1 aliphatic heterocycles. The largest absolute Gasteiger partial charge is 0.492 e. The van der Waals surface area contributed by atoms with E-state index in [1.807, 2.05) is 0 Å². The summed E-state index contributed by atoms with van der Waals surface area (Å²) in [5.41, 5.74) is 0.416. The van der Waals surface area contributed by atoms with Gasteiger partial charge in [-0.15, -0.1) is 0 Å². The number of carbonyl (C=O) groups is 1. The third-order valence-electron chi connectivity index (χ3n) is 3.22. The van der Waals surface area contributed by atoms with Gasteiger partial charge in [0.05, 0.1) is 0 Å². The summed E-state index contributed by atoms with van der Waals surface area (Å²) in [4.78, 5) is 17.4. The summed E-state index contributed by atoms with van der Waals surface area (Å²) in [6.07, 6.45) is 5.25. The highest BCUT2D eigenvalue weighted by atomic mass is 16.5. The van der Waals surface area contributed by atoms with E-state index in [0.29, 0.717) is 24.1 Å². The number of carbonyl (C=O) groups excluding carboxylic acids is 1. The first kappa shape index (κ1) is 13.8. The lowest BCUT2D eigenvalue weighted by Gasteiger charge is -2.23. The summed E-state index contributed by atoms with van der Waals surface area (Å²) >= 11 is 0. The maximum atomic E-state index is 11.8. The fraction of sp³-hybridized carbons (Fsp3) is 0.571. The van der Waals surface area contributed by atoms with E-state index in [4.69, 9.17) is 4.74 Å². The third-order valence-corrected chi connectivity index (χ3v) is 3.22. The number of hydrogen-bond acceptors (Lipinski definition) is 4. The van der Waals surface area contributed by atoms with E-state index in [0.717, 1.165) is 13.0 Å². The van der Waals surface area contributed by atoms with Crippen LogP contribution in [-0.4, -0.2) is 49.1 Å². The molecule has 2 rings (SSSR count). The lowest BCUT2D eigenvalue weighted by molar-refractivity contribution is 0.0821. The van der Waals surface area contributed by atoms with Gasteiger partial charge in [-0.05, 0) is 25.5 Å². The van der Waals surface area contributed by atoms with Crippen LogP contribution < -0.4 is 10.1 Å². The van der Waals surface area contributed by atoms with Gasteiger partial charge < -0.3 is 15.0 Å². The summed E-state index contributed by atoms with van der Waals surface area (Å²) in [7, 11) is 3.42. The molecular weight excluding hydrogens is 242 g/mol. The number of aromatic nitrogens is 1. The number of pyridine rings is 1. The SMILES string of the molecule is CN(C)C(=O)c1cc(OCC2CCCCN2)ccn1. The van der Waals surface area contributed by atoms with Crippen molar-refractivity contribution in [3.8, 4) is 5.75 Å². The molecule has 1 aromatic rings. The van der Waals surface area contributed by atoms with E-state index in [1.54, 1.807) is 32.4 Å². The summed E-state index contributed by atoms with van der Waals surface area (Å²) in [5.74, 6) is 0.591. The van der Waals surface area contributed by atoms with Crippen LogP contribution in [0.5, 0.6) is 5.75 Å². The molecule has 19 heavy (non-hydrogen) atoms. The first-order valence-corrected chi connectivity index (χ1v) is 6.70. The zero-order valence-corrected chi connectivity index (χ0v) is 11.6. The smallest absolute Gasteiger partial charge is 0.272 e. The zero-order chi connectivity index (χ0) is 13.7. The van der Waals surface area contributed by atoms with Crippen LogP contribution in [0, 0.1) is 0 Å². The van der Waals surface area contributed by atoms with E-state index in [2.05, 4.69) is 10.3 Å². The Morgan fingerprint density at radius 1 is 1.53 bits per heavy atom. The van der Waals surface area contributed by atoms with Gasteiger partial charge >= 0.3 is 0 Å². The molecular formula is C14H21N3O2. The second-order valence-electron chi connectivity index (χ2n) is 5.03. The van der Waals surface area contributed by atoms with Crippen molar-refractivity contribution in [2.24, 2.45) is 0 Å². The van der Waals surface area contributed by atoms with E-state index < -0.39 is 0 Å². The highest BCUT2D eigenvalue weighted by Gasteiger charge is 2.14. The van der Waals surface area contributed by atoms with Crippen LogP contribution in [0.15, 0.2) is 18.3 Å². The van der Waals surface area contributed by atoms with Crippen LogP contribution in [0.1, 0.15) is 29.8 Å². The Balaban J connectivity index is 1.93. The minimum absolute atomic E-state index is 0.110. The van der Waals surface area contributed by atoms with Crippen LogP contribution in [-0.2, 0) is 0 Å². The number of nitrogens with zero attached hydrogens (tertiary/aromatic N) is 2. The summed E-state index contributed by atoms with van der Waals surface area (Å²) in [5, 5.41) is 3.43. The van der Waals surface area contributed by atoms with Gasteiger partial charge in [0.2, 0.25) is 0 Å². The highest BCUT2D eigenvalue weighted by Crippen LogP contribution is 2.14. The van der Waals surface area contributed by atoms with Crippen molar-refractivity contribution in [2.75, 3.05) is 27.2 Å². The molecule has 5 nitrogen and oxygen atoms in total. The first-order chi connectivity index (χ1) is 9.16. The molecule has 1 N–H and O–H groups in total. The Labute approximate surface area is 114 Å². The topological polar surface area (TPSA) is 54.5 Å². The van der Waals surface area contributed by atoms with Crippen LogP contribution >= 0.6 is 0 Å². The number of ether oxygens (including phenoxy) is 1. The van der Waals surface area contributed by atoms with Crippen LogP contribution in [0.25, 0.3) is 0 Å². The van der Waals surface area contributed by atoms with E-state index in [1.165, 1.54) is 17.7 Å². The molecule has 1 fully saturated rings. The quantitative estimate of drug-likeness (QED) is 0.889. The normalized spacial score (nSPS) is 18.9. The zero-order valence-electron chi connectivity index (χ0n) is 11.6. The first-order valence-electron chi connectivity index (χ1n) is 6.70. The third kappa shape index (κ3) is 3.92. The van der Waals surface area contributed by atoms with E-state index in [-0.39, 0.29) is 5.91 Å². The number of hydrogen-bond donors (Lipinski definition) is 1. The van der Waals surface area contributed by atoms with Crippen molar-refractivity contribution >= 4 is 5.91 Å². The van der Waals surface area contributed by atoms with Gasteiger partial charge in [-0.2, -0.15) is 0 Å². The summed E-state index contributed by atoms with van der Waals surface area (Å²) < 4.78 is 5.74. The number of nitrogens with one attached hydrogen (secondary N) is 1. The van der Waals surface area contributed by atoms with Crippen LogP contribution in [0.4, 0.5) is 0 Å². The molecule has 0 saturated carbocycles. The molecule has 1 aliphatic rings. The summed E-state index contributed by atoms with van der Waals surface area (Å²) in [6.45, 7) is 1.70. The predicted octanol–water partition coefficient (Wildman–Crippen LogP) is 1.30. The Bertz CT molecular complexity index is 428. The van der Waals surface area contributed by atoms with Crippen LogP contribution in [0.3, 0.4) is 0 Å². The minimum Gasteiger partial charge on any atom is -0.492 e. The van der Waals surface area contributed by atoms with Gasteiger partial charge in [-0.3, -0.25) is 9.78 Å². The Hall–Kier alpha value is -1.62. The molecule has 1 aromatic heterocycles. The molecule has 2 heterocycles. The van der Waals surface area contributed by atoms with Crippen molar-refractivity contribution in [3.05, 3.63) is 24.0 Å². The van der Waals surface area contributed by atoms with Gasteiger partial charge in [0.1, 0.15) is 18.1 Å². The fourth-order valence-electron chi connectivity index (χ4n) is 2.11. The standard InChI is InChI=1S/C14H21N3O2/c1-17(2)14(18)13-9-12(6-8-16-13)19-10-11-5-3-4-7-15-11/h6,8-9,11,15H,3-5,7,10H2,1-2H3.